The third-order valence-corrected chi connectivity index (χ3v) is 3.26. The Morgan fingerprint density at radius 1 is 1.27 bits per heavy atom. The first-order chi connectivity index (χ1) is 7.27. The van der Waals surface area contributed by atoms with Gasteiger partial charge in [-0.2, -0.15) is 0 Å². The summed E-state index contributed by atoms with van der Waals surface area (Å²) >= 11 is 6.29. The minimum atomic E-state index is -0.229. The fraction of sp³-hybridized carbons (Fsp3) is 0.500. The summed E-state index contributed by atoms with van der Waals surface area (Å²) in [6.07, 6.45) is 3.34. The minimum absolute atomic E-state index is 0.0749. The van der Waals surface area contributed by atoms with Gasteiger partial charge in [-0.15, -0.1) is 11.6 Å². The summed E-state index contributed by atoms with van der Waals surface area (Å²) < 4.78 is 18.3. The smallest absolute Gasteiger partial charge is 0.123 e. The lowest BCUT2D eigenvalue weighted by Crippen LogP contribution is -2.23. The van der Waals surface area contributed by atoms with Crippen molar-refractivity contribution in [3.05, 3.63) is 35.6 Å². The van der Waals surface area contributed by atoms with E-state index < -0.39 is 0 Å². The Morgan fingerprint density at radius 2 is 2.00 bits per heavy atom. The predicted molar refractivity (Wildman–Crippen MR) is 58.6 cm³/mol. The molecule has 2 rings (SSSR count). The van der Waals surface area contributed by atoms with Crippen molar-refractivity contribution in [3.63, 3.8) is 0 Å². The van der Waals surface area contributed by atoms with Crippen LogP contribution >= 0.6 is 11.6 Å². The second kappa shape index (κ2) is 4.95. The summed E-state index contributed by atoms with van der Waals surface area (Å²) in [6.45, 7) is 0.787. The predicted octanol–water partition coefficient (Wildman–Crippen LogP) is 3.67. The second-order valence-electron chi connectivity index (χ2n) is 3.86. The minimum Gasteiger partial charge on any atom is -0.376 e. The lowest BCUT2D eigenvalue weighted by atomic mass is 10.0. The van der Waals surface area contributed by atoms with Gasteiger partial charge < -0.3 is 4.74 Å². The maximum absolute atomic E-state index is 12.7. The molecule has 0 saturated carbocycles. The van der Waals surface area contributed by atoms with E-state index in [0.29, 0.717) is 0 Å². The third-order valence-electron chi connectivity index (χ3n) is 2.73. The number of benzene rings is 1. The molecule has 15 heavy (non-hydrogen) atoms. The molecule has 2 atom stereocenters. The topological polar surface area (TPSA) is 9.23 Å². The van der Waals surface area contributed by atoms with Crippen LogP contribution in [0.5, 0.6) is 0 Å². The van der Waals surface area contributed by atoms with Gasteiger partial charge in [-0.3, -0.25) is 0 Å². The number of hydrogen-bond donors (Lipinski definition) is 0. The van der Waals surface area contributed by atoms with Crippen molar-refractivity contribution in [3.8, 4) is 0 Å². The van der Waals surface area contributed by atoms with Crippen LogP contribution in [0.2, 0.25) is 0 Å². The van der Waals surface area contributed by atoms with E-state index in [1.807, 2.05) is 0 Å². The summed E-state index contributed by atoms with van der Waals surface area (Å²) in [7, 11) is 0. The van der Waals surface area contributed by atoms with Gasteiger partial charge >= 0.3 is 0 Å². The van der Waals surface area contributed by atoms with E-state index in [4.69, 9.17) is 16.3 Å². The number of ether oxygens (including phenoxy) is 1. The molecule has 1 saturated heterocycles. The highest BCUT2D eigenvalue weighted by atomic mass is 35.5. The van der Waals surface area contributed by atoms with Crippen molar-refractivity contribution >= 4 is 11.6 Å². The monoisotopic (exact) mass is 228 g/mol. The number of hydrogen-bond acceptors (Lipinski definition) is 1. The molecule has 0 aliphatic carbocycles. The highest BCUT2D eigenvalue weighted by Crippen LogP contribution is 2.31. The Kier molecular flexibility index (Phi) is 3.60. The normalized spacial score (nSPS) is 23.7. The molecule has 1 fully saturated rings. The van der Waals surface area contributed by atoms with E-state index in [1.54, 1.807) is 12.1 Å². The lowest BCUT2D eigenvalue weighted by Gasteiger charge is -2.26. The molecule has 82 valence electrons. The fourth-order valence-corrected chi connectivity index (χ4v) is 2.20. The van der Waals surface area contributed by atoms with Crippen LogP contribution in [-0.2, 0) is 4.74 Å². The van der Waals surface area contributed by atoms with Gasteiger partial charge in [0, 0.05) is 6.61 Å². The molecule has 0 amide bonds. The van der Waals surface area contributed by atoms with Crippen LogP contribution in [0.15, 0.2) is 24.3 Å². The van der Waals surface area contributed by atoms with E-state index in [1.165, 1.54) is 12.1 Å². The molecular weight excluding hydrogens is 215 g/mol. The molecular formula is C12H14ClFO. The molecule has 0 radical (unpaired) electrons. The highest BCUT2D eigenvalue weighted by molar-refractivity contribution is 6.21. The van der Waals surface area contributed by atoms with Crippen LogP contribution in [0.1, 0.15) is 30.2 Å². The van der Waals surface area contributed by atoms with Crippen LogP contribution in [0.3, 0.4) is 0 Å². The zero-order valence-electron chi connectivity index (χ0n) is 8.46. The van der Waals surface area contributed by atoms with Crippen LogP contribution in [-0.4, -0.2) is 12.7 Å². The van der Waals surface area contributed by atoms with Gasteiger partial charge in [0.2, 0.25) is 0 Å². The van der Waals surface area contributed by atoms with Gasteiger partial charge in [-0.25, -0.2) is 4.39 Å². The van der Waals surface area contributed by atoms with Crippen molar-refractivity contribution in [2.24, 2.45) is 0 Å². The first kappa shape index (κ1) is 10.9. The SMILES string of the molecule is Fc1ccc(C(Cl)C2CCCCO2)cc1. The summed E-state index contributed by atoms with van der Waals surface area (Å²) in [6, 6.07) is 6.33. The van der Waals surface area contributed by atoms with Gasteiger partial charge in [0.1, 0.15) is 5.82 Å². The number of rotatable bonds is 2. The van der Waals surface area contributed by atoms with E-state index in [0.717, 1.165) is 31.4 Å². The van der Waals surface area contributed by atoms with E-state index >= 15 is 0 Å². The Hall–Kier alpha value is -0.600. The maximum atomic E-state index is 12.7. The molecule has 3 heteroatoms. The maximum Gasteiger partial charge on any atom is 0.123 e. The molecule has 0 N–H and O–H groups in total. The molecule has 1 aromatic carbocycles. The van der Waals surface area contributed by atoms with Crippen LogP contribution in [0, 0.1) is 5.82 Å². The van der Waals surface area contributed by atoms with Crippen molar-refractivity contribution in [2.75, 3.05) is 6.61 Å². The van der Waals surface area contributed by atoms with E-state index in [-0.39, 0.29) is 17.3 Å². The first-order valence-electron chi connectivity index (χ1n) is 5.28. The largest absolute Gasteiger partial charge is 0.376 e. The Morgan fingerprint density at radius 3 is 2.60 bits per heavy atom. The Bertz CT molecular complexity index is 306. The molecule has 1 heterocycles. The van der Waals surface area contributed by atoms with Gasteiger partial charge in [0.25, 0.3) is 0 Å². The number of halogens is 2. The average Bonchev–Trinajstić information content (AvgIpc) is 2.30. The molecule has 0 bridgehead atoms. The standard InChI is InChI=1S/C12H14ClFO/c13-12(11-3-1-2-8-15-11)9-4-6-10(14)7-5-9/h4-7,11-12H,1-3,8H2. The van der Waals surface area contributed by atoms with E-state index in [2.05, 4.69) is 0 Å². The molecule has 1 aromatic rings. The van der Waals surface area contributed by atoms with Gasteiger partial charge in [0.05, 0.1) is 11.5 Å². The summed E-state index contributed by atoms with van der Waals surface area (Å²) in [5.41, 5.74) is 0.935. The van der Waals surface area contributed by atoms with Crippen molar-refractivity contribution in [2.45, 2.75) is 30.7 Å². The van der Waals surface area contributed by atoms with Crippen LogP contribution in [0.4, 0.5) is 4.39 Å². The molecule has 1 aliphatic rings. The molecule has 0 aromatic heterocycles. The summed E-state index contributed by atoms with van der Waals surface area (Å²) in [5.74, 6) is -0.229. The van der Waals surface area contributed by atoms with Crippen LogP contribution < -0.4 is 0 Å². The molecule has 1 aliphatic heterocycles. The van der Waals surface area contributed by atoms with Crippen molar-refractivity contribution in [1.82, 2.24) is 0 Å². The lowest BCUT2D eigenvalue weighted by molar-refractivity contribution is 0.0136. The molecule has 0 spiro atoms. The number of alkyl halides is 1. The molecule has 1 nitrogen and oxygen atoms in total. The van der Waals surface area contributed by atoms with Crippen molar-refractivity contribution < 1.29 is 9.13 Å². The van der Waals surface area contributed by atoms with Crippen molar-refractivity contribution in [1.29, 1.82) is 0 Å². The Labute approximate surface area is 94.2 Å². The van der Waals surface area contributed by atoms with Crippen LogP contribution in [0.25, 0.3) is 0 Å². The highest BCUT2D eigenvalue weighted by Gasteiger charge is 2.23. The first-order valence-corrected chi connectivity index (χ1v) is 5.72. The molecule has 2 unspecified atom stereocenters. The van der Waals surface area contributed by atoms with E-state index in [9.17, 15) is 4.39 Å². The van der Waals surface area contributed by atoms with Gasteiger partial charge in [-0.1, -0.05) is 12.1 Å². The van der Waals surface area contributed by atoms with Gasteiger partial charge in [-0.05, 0) is 37.0 Å². The van der Waals surface area contributed by atoms with Gasteiger partial charge in [0.15, 0.2) is 0 Å². The third kappa shape index (κ3) is 2.70. The average molecular weight is 229 g/mol. The summed E-state index contributed by atoms with van der Waals surface area (Å²) in [5, 5.41) is -0.161. The summed E-state index contributed by atoms with van der Waals surface area (Å²) in [4.78, 5) is 0. The second-order valence-corrected chi connectivity index (χ2v) is 4.33. The zero-order valence-corrected chi connectivity index (χ0v) is 9.21. The quantitative estimate of drug-likeness (QED) is 0.702. The Balaban J connectivity index is 2.05. The fourth-order valence-electron chi connectivity index (χ4n) is 1.86. The zero-order chi connectivity index (χ0) is 10.7.